The first-order chi connectivity index (χ1) is 11.0. The molecular weight excluding hydrogens is 369 g/mol. The Morgan fingerprint density at radius 2 is 2.13 bits per heavy atom. The van der Waals surface area contributed by atoms with Crippen LogP contribution in [0.5, 0.6) is 11.5 Å². The zero-order valence-electron chi connectivity index (χ0n) is 12.1. The van der Waals surface area contributed by atoms with Gasteiger partial charge in [-0.2, -0.15) is 0 Å². The van der Waals surface area contributed by atoms with Gasteiger partial charge < -0.3 is 14.8 Å². The molecule has 0 aliphatic rings. The molecule has 0 aliphatic carbocycles. The molecule has 0 aliphatic heterocycles. The van der Waals surface area contributed by atoms with E-state index in [1.54, 1.807) is 18.2 Å². The summed E-state index contributed by atoms with van der Waals surface area (Å²) in [5.74, 6) is -0.638. The van der Waals surface area contributed by atoms with Gasteiger partial charge in [-0.1, -0.05) is 22.0 Å². The highest BCUT2D eigenvalue weighted by atomic mass is 79.9. The molecule has 0 saturated heterocycles. The van der Waals surface area contributed by atoms with Crippen LogP contribution in [-0.2, 0) is 4.79 Å². The summed E-state index contributed by atoms with van der Waals surface area (Å²) < 4.78 is 24.7. The van der Waals surface area contributed by atoms with Crippen LogP contribution in [0.15, 0.2) is 40.9 Å². The van der Waals surface area contributed by atoms with Crippen LogP contribution in [0.3, 0.4) is 0 Å². The van der Waals surface area contributed by atoms with Crippen molar-refractivity contribution in [3.05, 3.63) is 52.3 Å². The summed E-state index contributed by atoms with van der Waals surface area (Å²) in [7, 11) is 1.42. The smallest absolute Gasteiger partial charge is 0.262 e. The van der Waals surface area contributed by atoms with Crippen LogP contribution in [0.1, 0.15) is 10.4 Å². The number of ether oxygens (including phenoxy) is 2. The lowest BCUT2D eigenvalue weighted by Crippen LogP contribution is -2.21. The van der Waals surface area contributed by atoms with E-state index in [9.17, 15) is 14.0 Å². The topological polar surface area (TPSA) is 64.6 Å². The Morgan fingerprint density at radius 1 is 1.35 bits per heavy atom. The van der Waals surface area contributed by atoms with E-state index in [0.29, 0.717) is 16.5 Å². The molecule has 0 unspecified atom stereocenters. The molecule has 0 spiro atoms. The highest BCUT2D eigenvalue weighted by Gasteiger charge is 2.13. The van der Waals surface area contributed by atoms with Crippen LogP contribution in [-0.4, -0.2) is 25.9 Å². The van der Waals surface area contributed by atoms with Gasteiger partial charge in [0.25, 0.3) is 5.91 Å². The van der Waals surface area contributed by atoms with Gasteiger partial charge in [-0.15, -0.1) is 0 Å². The third-order valence-corrected chi connectivity index (χ3v) is 3.40. The van der Waals surface area contributed by atoms with Crippen LogP contribution in [0.2, 0.25) is 0 Å². The SMILES string of the molecule is COc1cccc(C=O)c1OCC(=O)Nc1ccc(Br)cc1F. The third kappa shape index (κ3) is 4.29. The van der Waals surface area contributed by atoms with Crippen molar-refractivity contribution in [3.8, 4) is 11.5 Å². The molecule has 0 fully saturated rings. The van der Waals surface area contributed by atoms with Crippen LogP contribution in [0, 0.1) is 5.82 Å². The Kier molecular flexibility index (Phi) is 5.70. The fourth-order valence-electron chi connectivity index (χ4n) is 1.86. The van der Waals surface area contributed by atoms with Crippen LogP contribution >= 0.6 is 15.9 Å². The first kappa shape index (κ1) is 17.0. The maximum atomic E-state index is 13.7. The monoisotopic (exact) mass is 381 g/mol. The van der Waals surface area contributed by atoms with Crippen molar-refractivity contribution in [2.45, 2.75) is 0 Å². The molecule has 120 valence electrons. The van der Waals surface area contributed by atoms with E-state index >= 15 is 0 Å². The predicted octanol–water partition coefficient (Wildman–Crippen LogP) is 3.43. The second kappa shape index (κ2) is 7.73. The maximum absolute atomic E-state index is 13.7. The Balaban J connectivity index is 2.06. The minimum atomic E-state index is -0.571. The number of hydrogen-bond acceptors (Lipinski definition) is 4. The number of nitrogens with one attached hydrogen (secondary N) is 1. The Hall–Kier alpha value is -2.41. The van der Waals surface area contributed by atoms with E-state index in [4.69, 9.17) is 9.47 Å². The van der Waals surface area contributed by atoms with E-state index in [1.807, 2.05) is 0 Å². The molecule has 0 heterocycles. The number of carbonyl (C=O) groups excluding carboxylic acids is 2. The number of hydrogen-bond donors (Lipinski definition) is 1. The maximum Gasteiger partial charge on any atom is 0.262 e. The third-order valence-electron chi connectivity index (χ3n) is 2.91. The lowest BCUT2D eigenvalue weighted by Gasteiger charge is -2.12. The van der Waals surface area contributed by atoms with E-state index < -0.39 is 18.3 Å². The summed E-state index contributed by atoms with van der Waals surface area (Å²) in [6, 6.07) is 9.04. The molecular formula is C16H13BrFNO4. The van der Waals surface area contributed by atoms with Gasteiger partial charge in [0, 0.05) is 4.47 Å². The van der Waals surface area contributed by atoms with Crippen LogP contribution < -0.4 is 14.8 Å². The number of anilines is 1. The summed E-state index contributed by atoms with van der Waals surface area (Å²) in [5.41, 5.74) is 0.296. The second-order valence-electron chi connectivity index (χ2n) is 4.46. The van der Waals surface area contributed by atoms with E-state index in [1.165, 1.54) is 25.3 Å². The van der Waals surface area contributed by atoms with Crippen molar-refractivity contribution in [1.29, 1.82) is 0 Å². The van der Waals surface area contributed by atoms with E-state index in [-0.39, 0.29) is 17.0 Å². The van der Waals surface area contributed by atoms with Gasteiger partial charge in [0.1, 0.15) is 5.82 Å². The molecule has 2 rings (SSSR count). The number of halogens is 2. The first-order valence-electron chi connectivity index (χ1n) is 6.55. The minimum absolute atomic E-state index is 0.0393. The average Bonchev–Trinajstić information content (AvgIpc) is 2.55. The molecule has 23 heavy (non-hydrogen) atoms. The van der Waals surface area contributed by atoms with Crippen molar-refractivity contribution in [2.24, 2.45) is 0 Å². The standard InChI is InChI=1S/C16H13BrFNO4/c1-22-14-4-2-3-10(8-20)16(14)23-9-15(21)19-13-6-5-11(17)7-12(13)18/h2-8H,9H2,1H3,(H,19,21). The number of amides is 1. The highest BCUT2D eigenvalue weighted by molar-refractivity contribution is 9.10. The summed E-state index contributed by atoms with van der Waals surface area (Å²) in [6.45, 7) is -0.392. The second-order valence-corrected chi connectivity index (χ2v) is 5.37. The predicted molar refractivity (Wildman–Crippen MR) is 86.6 cm³/mol. The molecule has 1 amide bonds. The molecule has 7 heteroatoms. The largest absolute Gasteiger partial charge is 0.493 e. The van der Waals surface area contributed by atoms with Gasteiger partial charge in [-0.3, -0.25) is 9.59 Å². The molecule has 2 aromatic rings. The van der Waals surface area contributed by atoms with Gasteiger partial charge in [0.2, 0.25) is 0 Å². The van der Waals surface area contributed by atoms with Crippen molar-refractivity contribution in [1.82, 2.24) is 0 Å². The molecule has 1 N–H and O–H groups in total. The van der Waals surface area contributed by atoms with Crippen molar-refractivity contribution in [3.63, 3.8) is 0 Å². The van der Waals surface area contributed by atoms with Gasteiger partial charge in [0.05, 0.1) is 18.4 Å². The Labute approximate surface area is 140 Å². The number of aldehydes is 1. The summed E-state index contributed by atoms with van der Waals surface area (Å²) in [4.78, 5) is 22.9. The molecule has 0 atom stereocenters. The van der Waals surface area contributed by atoms with Crippen molar-refractivity contribution < 1.29 is 23.5 Å². The highest BCUT2D eigenvalue weighted by Crippen LogP contribution is 2.30. The summed E-state index contributed by atoms with van der Waals surface area (Å²) >= 11 is 3.13. The minimum Gasteiger partial charge on any atom is -0.493 e. The normalized spacial score (nSPS) is 10.0. The van der Waals surface area contributed by atoms with Gasteiger partial charge in [0.15, 0.2) is 24.4 Å². The summed E-state index contributed by atoms with van der Waals surface area (Å²) in [6.07, 6.45) is 0.601. The van der Waals surface area contributed by atoms with Crippen molar-refractivity contribution >= 4 is 33.8 Å². The molecule has 0 bridgehead atoms. The number of carbonyl (C=O) groups is 2. The Morgan fingerprint density at radius 3 is 2.78 bits per heavy atom. The van der Waals surface area contributed by atoms with Crippen LogP contribution in [0.4, 0.5) is 10.1 Å². The Bertz CT molecular complexity index is 736. The lowest BCUT2D eigenvalue weighted by atomic mass is 10.2. The number of benzene rings is 2. The number of para-hydroxylation sites is 1. The van der Waals surface area contributed by atoms with Gasteiger partial charge >= 0.3 is 0 Å². The van der Waals surface area contributed by atoms with E-state index in [2.05, 4.69) is 21.2 Å². The first-order valence-corrected chi connectivity index (χ1v) is 7.34. The zero-order chi connectivity index (χ0) is 16.8. The molecule has 0 saturated carbocycles. The van der Waals surface area contributed by atoms with Gasteiger partial charge in [-0.25, -0.2) is 4.39 Å². The molecule has 0 radical (unpaired) electrons. The fourth-order valence-corrected chi connectivity index (χ4v) is 2.19. The van der Waals surface area contributed by atoms with E-state index in [0.717, 1.165) is 0 Å². The molecule has 2 aromatic carbocycles. The average molecular weight is 382 g/mol. The van der Waals surface area contributed by atoms with Crippen molar-refractivity contribution in [2.75, 3.05) is 19.0 Å². The lowest BCUT2D eigenvalue weighted by molar-refractivity contribution is -0.118. The quantitative estimate of drug-likeness (QED) is 0.778. The molecule has 5 nitrogen and oxygen atoms in total. The molecule has 0 aromatic heterocycles. The number of rotatable bonds is 6. The number of methoxy groups -OCH3 is 1. The van der Waals surface area contributed by atoms with Gasteiger partial charge in [-0.05, 0) is 30.3 Å². The van der Waals surface area contributed by atoms with Crippen LogP contribution in [0.25, 0.3) is 0 Å². The zero-order valence-corrected chi connectivity index (χ0v) is 13.7. The summed E-state index contributed by atoms with van der Waals surface area (Å²) in [5, 5.41) is 2.39. The fraction of sp³-hybridized carbons (Fsp3) is 0.125.